The number of anilines is 1. The minimum atomic E-state index is -0.187. The van der Waals surface area contributed by atoms with Crippen LogP contribution in [0.3, 0.4) is 0 Å². The molecule has 0 atom stereocenters. The summed E-state index contributed by atoms with van der Waals surface area (Å²) >= 11 is 1.92. The van der Waals surface area contributed by atoms with E-state index in [1.165, 1.54) is 0 Å². The number of hydrogen-bond acceptors (Lipinski definition) is 5. The van der Waals surface area contributed by atoms with Crippen LogP contribution in [-0.2, 0) is 0 Å². The molecule has 3 aromatic rings. The number of rotatable bonds is 2. The first-order chi connectivity index (χ1) is 10.8. The van der Waals surface area contributed by atoms with E-state index in [1.807, 2.05) is 46.7 Å². The predicted octanol–water partition coefficient (Wildman–Crippen LogP) is 1.66. The summed E-state index contributed by atoms with van der Waals surface area (Å²) in [5, 5.41) is 0. The minimum Gasteiger partial charge on any atom is -0.341 e. The van der Waals surface area contributed by atoms with E-state index in [0.29, 0.717) is 17.1 Å². The summed E-state index contributed by atoms with van der Waals surface area (Å²) in [4.78, 5) is 26.1. The molecule has 0 radical (unpaired) electrons. The minimum absolute atomic E-state index is 0.187. The number of thioether (sulfide) groups is 1. The Hall–Kier alpha value is -2.28. The highest BCUT2D eigenvalue weighted by atomic mass is 32.2. The molecule has 3 heterocycles. The van der Waals surface area contributed by atoms with E-state index in [1.54, 1.807) is 6.33 Å². The Kier molecular flexibility index (Phi) is 3.34. The molecule has 112 valence electrons. The highest BCUT2D eigenvalue weighted by Crippen LogP contribution is 2.18. The van der Waals surface area contributed by atoms with Crippen LogP contribution in [0.1, 0.15) is 0 Å². The van der Waals surface area contributed by atoms with Gasteiger partial charge in [0.1, 0.15) is 6.33 Å². The third kappa shape index (κ3) is 2.27. The standard InChI is InChI=1S/C15H15N5OS/c21-14-12-13(17-15(18-14)19-6-8-22-9-7-19)20(10-16-12)11-4-2-1-3-5-11/h1-5,10H,6-9H2,(H,17,18,21). The molecule has 1 aliphatic rings. The average molecular weight is 313 g/mol. The Morgan fingerprint density at radius 2 is 1.91 bits per heavy atom. The van der Waals surface area contributed by atoms with Crippen molar-refractivity contribution in [2.24, 2.45) is 0 Å². The van der Waals surface area contributed by atoms with Gasteiger partial charge in [-0.3, -0.25) is 14.3 Å². The van der Waals surface area contributed by atoms with Gasteiger partial charge >= 0.3 is 0 Å². The van der Waals surface area contributed by atoms with Crippen molar-refractivity contribution in [3.05, 3.63) is 47.0 Å². The Labute approximate surface area is 131 Å². The number of hydrogen-bond donors (Lipinski definition) is 1. The van der Waals surface area contributed by atoms with Gasteiger partial charge in [-0.2, -0.15) is 16.7 Å². The van der Waals surface area contributed by atoms with Gasteiger partial charge in [-0.1, -0.05) is 18.2 Å². The summed E-state index contributed by atoms with van der Waals surface area (Å²) in [5.74, 6) is 2.75. The van der Waals surface area contributed by atoms with Gasteiger partial charge in [0, 0.05) is 30.3 Å². The van der Waals surface area contributed by atoms with Crippen LogP contribution in [0.2, 0.25) is 0 Å². The first-order valence-electron chi connectivity index (χ1n) is 7.18. The summed E-state index contributed by atoms with van der Waals surface area (Å²) < 4.78 is 1.85. The average Bonchev–Trinajstić information content (AvgIpc) is 3.01. The number of aromatic amines is 1. The zero-order chi connectivity index (χ0) is 14.9. The quantitative estimate of drug-likeness (QED) is 0.779. The molecule has 7 heteroatoms. The van der Waals surface area contributed by atoms with Gasteiger partial charge in [-0.05, 0) is 12.1 Å². The van der Waals surface area contributed by atoms with Crippen LogP contribution in [0.25, 0.3) is 16.9 Å². The van der Waals surface area contributed by atoms with Gasteiger partial charge in [0.25, 0.3) is 5.56 Å². The number of benzene rings is 1. The Morgan fingerprint density at radius 1 is 1.14 bits per heavy atom. The lowest BCUT2D eigenvalue weighted by molar-refractivity contribution is 0.814. The number of aromatic nitrogens is 4. The van der Waals surface area contributed by atoms with Crippen LogP contribution < -0.4 is 10.5 Å². The van der Waals surface area contributed by atoms with E-state index in [2.05, 4.69) is 19.9 Å². The molecule has 0 bridgehead atoms. The molecular formula is C15H15N5OS. The highest BCUT2D eigenvalue weighted by Gasteiger charge is 2.17. The molecule has 1 fully saturated rings. The zero-order valence-electron chi connectivity index (χ0n) is 11.9. The Balaban J connectivity index is 1.86. The second kappa shape index (κ2) is 5.49. The molecule has 1 aliphatic heterocycles. The van der Waals surface area contributed by atoms with Crippen molar-refractivity contribution in [2.45, 2.75) is 0 Å². The maximum atomic E-state index is 12.3. The normalized spacial score (nSPS) is 15.4. The lowest BCUT2D eigenvalue weighted by Gasteiger charge is -2.26. The number of nitrogens with zero attached hydrogens (tertiary/aromatic N) is 4. The molecule has 1 saturated heterocycles. The lowest BCUT2D eigenvalue weighted by Crippen LogP contribution is -2.35. The molecule has 0 saturated carbocycles. The zero-order valence-corrected chi connectivity index (χ0v) is 12.7. The van der Waals surface area contributed by atoms with E-state index in [-0.39, 0.29) is 5.56 Å². The summed E-state index contributed by atoms with van der Waals surface area (Å²) in [7, 11) is 0. The fourth-order valence-electron chi connectivity index (χ4n) is 2.60. The molecule has 2 aromatic heterocycles. The number of para-hydroxylation sites is 1. The largest absolute Gasteiger partial charge is 0.341 e. The van der Waals surface area contributed by atoms with E-state index < -0.39 is 0 Å². The van der Waals surface area contributed by atoms with Gasteiger partial charge in [0.05, 0.1) is 0 Å². The van der Waals surface area contributed by atoms with Crippen LogP contribution >= 0.6 is 11.8 Å². The first-order valence-corrected chi connectivity index (χ1v) is 8.34. The first kappa shape index (κ1) is 13.4. The number of H-pyrrole nitrogens is 1. The van der Waals surface area contributed by atoms with Crippen LogP contribution in [0.4, 0.5) is 5.95 Å². The SMILES string of the molecule is O=c1[nH]c(N2CCSCC2)nc2c1ncn2-c1ccccc1. The van der Waals surface area contributed by atoms with Crippen molar-refractivity contribution in [3.8, 4) is 5.69 Å². The van der Waals surface area contributed by atoms with E-state index in [4.69, 9.17) is 0 Å². The molecule has 1 aromatic carbocycles. The highest BCUT2D eigenvalue weighted by molar-refractivity contribution is 7.99. The van der Waals surface area contributed by atoms with Crippen molar-refractivity contribution in [1.29, 1.82) is 0 Å². The second-order valence-electron chi connectivity index (χ2n) is 5.11. The van der Waals surface area contributed by atoms with Gasteiger partial charge in [0.15, 0.2) is 11.2 Å². The maximum Gasteiger partial charge on any atom is 0.280 e. The van der Waals surface area contributed by atoms with Crippen molar-refractivity contribution >= 4 is 28.9 Å². The molecule has 0 spiro atoms. The number of imidazole rings is 1. The van der Waals surface area contributed by atoms with Gasteiger partial charge < -0.3 is 4.90 Å². The monoisotopic (exact) mass is 313 g/mol. The Bertz CT molecular complexity index is 851. The third-order valence-electron chi connectivity index (χ3n) is 3.74. The summed E-state index contributed by atoms with van der Waals surface area (Å²) in [6, 6.07) is 9.82. The van der Waals surface area contributed by atoms with Crippen LogP contribution in [-0.4, -0.2) is 44.1 Å². The van der Waals surface area contributed by atoms with Crippen molar-refractivity contribution in [1.82, 2.24) is 19.5 Å². The number of fused-ring (bicyclic) bond motifs is 1. The van der Waals surface area contributed by atoms with Crippen LogP contribution in [0.5, 0.6) is 0 Å². The molecule has 1 N–H and O–H groups in total. The predicted molar refractivity (Wildman–Crippen MR) is 89.0 cm³/mol. The van der Waals surface area contributed by atoms with E-state index in [9.17, 15) is 4.79 Å². The summed E-state index contributed by atoms with van der Waals surface area (Å²) in [6.45, 7) is 1.80. The summed E-state index contributed by atoms with van der Waals surface area (Å²) in [5.41, 5.74) is 1.73. The van der Waals surface area contributed by atoms with Crippen molar-refractivity contribution in [2.75, 3.05) is 29.5 Å². The molecule has 6 nitrogen and oxygen atoms in total. The number of nitrogens with one attached hydrogen (secondary N) is 1. The van der Waals surface area contributed by atoms with Gasteiger partial charge in [-0.25, -0.2) is 4.98 Å². The fourth-order valence-corrected chi connectivity index (χ4v) is 3.50. The van der Waals surface area contributed by atoms with Crippen LogP contribution in [0, 0.1) is 0 Å². The fraction of sp³-hybridized carbons (Fsp3) is 0.267. The molecule has 0 amide bonds. The van der Waals surface area contributed by atoms with Crippen molar-refractivity contribution in [3.63, 3.8) is 0 Å². The summed E-state index contributed by atoms with van der Waals surface area (Å²) in [6.07, 6.45) is 1.65. The van der Waals surface area contributed by atoms with Crippen molar-refractivity contribution < 1.29 is 0 Å². The third-order valence-corrected chi connectivity index (χ3v) is 4.68. The van der Waals surface area contributed by atoms with E-state index in [0.717, 1.165) is 30.3 Å². The van der Waals surface area contributed by atoms with Gasteiger partial charge in [0.2, 0.25) is 5.95 Å². The molecule has 0 unspecified atom stereocenters. The Morgan fingerprint density at radius 3 is 2.68 bits per heavy atom. The van der Waals surface area contributed by atoms with Gasteiger partial charge in [-0.15, -0.1) is 0 Å². The van der Waals surface area contributed by atoms with E-state index >= 15 is 0 Å². The maximum absolute atomic E-state index is 12.3. The smallest absolute Gasteiger partial charge is 0.280 e. The molecule has 0 aliphatic carbocycles. The molecule has 22 heavy (non-hydrogen) atoms. The molecule has 4 rings (SSSR count). The van der Waals surface area contributed by atoms with Crippen LogP contribution in [0.15, 0.2) is 41.5 Å². The molecular weight excluding hydrogens is 298 g/mol. The second-order valence-corrected chi connectivity index (χ2v) is 6.34. The lowest BCUT2D eigenvalue weighted by atomic mass is 10.3. The topological polar surface area (TPSA) is 66.8 Å².